The van der Waals surface area contributed by atoms with Crippen molar-refractivity contribution in [1.29, 1.82) is 0 Å². The first kappa shape index (κ1) is 15.7. The number of hydrogen-bond donors (Lipinski definition) is 0. The molecule has 0 saturated heterocycles. The highest BCUT2D eigenvalue weighted by atomic mass is 32.2. The summed E-state index contributed by atoms with van der Waals surface area (Å²) in [7, 11) is 0. The third-order valence-corrected chi connectivity index (χ3v) is 4.45. The first-order valence-electron chi connectivity index (χ1n) is 7.54. The second kappa shape index (κ2) is 6.95. The minimum atomic E-state index is 0.0416. The summed E-state index contributed by atoms with van der Waals surface area (Å²) in [5.74, 6) is 1.63. The van der Waals surface area contributed by atoms with Crippen LogP contribution in [0.25, 0.3) is 0 Å². The molecule has 0 aliphatic rings. The molecular formula is C16H19N5OS. The number of rotatable bonds is 6. The van der Waals surface area contributed by atoms with Crippen LogP contribution in [0.1, 0.15) is 49.3 Å². The molecule has 0 fully saturated rings. The predicted molar refractivity (Wildman–Crippen MR) is 88.2 cm³/mol. The Balaban J connectivity index is 1.71. The molecule has 0 aromatic carbocycles. The molecule has 120 valence electrons. The normalized spacial score (nSPS) is 12.7. The van der Waals surface area contributed by atoms with Gasteiger partial charge in [0.1, 0.15) is 0 Å². The maximum absolute atomic E-state index is 5.36. The molecule has 1 atom stereocenters. The van der Waals surface area contributed by atoms with E-state index < -0.39 is 0 Å². The summed E-state index contributed by atoms with van der Waals surface area (Å²) >= 11 is 1.60. The van der Waals surface area contributed by atoms with E-state index in [2.05, 4.69) is 24.7 Å². The molecule has 7 heteroatoms. The van der Waals surface area contributed by atoms with E-state index in [0.717, 1.165) is 16.7 Å². The van der Waals surface area contributed by atoms with Gasteiger partial charge in [0.2, 0.25) is 5.89 Å². The molecule has 3 aromatic heterocycles. The van der Waals surface area contributed by atoms with Gasteiger partial charge in [0.05, 0.1) is 17.5 Å². The Morgan fingerprint density at radius 3 is 2.74 bits per heavy atom. The summed E-state index contributed by atoms with van der Waals surface area (Å²) in [6.45, 7) is 6.83. The van der Waals surface area contributed by atoms with Crippen LogP contribution in [0.15, 0.2) is 46.5 Å². The molecule has 0 radical (unpaired) electrons. The summed E-state index contributed by atoms with van der Waals surface area (Å²) < 4.78 is 7.44. The van der Waals surface area contributed by atoms with Crippen LogP contribution >= 0.6 is 11.8 Å². The van der Waals surface area contributed by atoms with Gasteiger partial charge in [-0.25, -0.2) is 4.98 Å². The third-order valence-electron chi connectivity index (χ3n) is 3.34. The third kappa shape index (κ3) is 3.79. The second-order valence-electron chi connectivity index (χ2n) is 5.56. The van der Waals surface area contributed by atoms with Gasteiger partial charge in [0, 0.05) is 24.5 Å². The molecule has 0 aliphatic heterocycles. The minimum Gasteiger partial charge on any atom is -0.338 e. The topological polar surface area (TPSA) is 69.6 Å². The van der Waals surface area contributed by atoms with E-state index in [0.29, 0.717) is 12.4 Å². The Hall–Kier alpha value is -2.15. The summed E-state index contributed by atoms with van der Waals surface area (Å²) in [6.07, 6.45) is 5.55. The average Bonchev–Trinajstić information content (AvgIpc) is 3.18. The van der Waals surface area contributed by atoms with Gasteiger partial charge in [-0.1, -0.05) is 36.8 Å². The Morgan fingerprint density at radius 1 is 1.17 bits per heavy atom. The molecule has 3 heterocycles. The Labute approximate surface area is 139 Å². The van der Waals surface area contributed by atoms with Crippen molar-refractivity contribution < 1.29 is 4.52 Å². The highest BCUT2D eigenvalue weighted by Gasteiger charge is 2.19. The van der Waals surface area contributed by atoms with Gasteiger partial charge in [-0.15, -0.1) is 0 Å². The van der Waals surface area contributed by atoms with Gasteiger partial charge in [0.15, 0.2) is 11.0 Å². The van der Waals surface area contributed by atoms with E-state index in [1.165, 1.54) is 0 Å². The monoisotopic (exact) mass is 329 g/mol. The van der Waals surface area contributed by atoms with E-state index in [1.807, 2.05) is 45.2 Å². The molecule has 0 amide bonds. The Bertz CT molecular complexity index is 753. The van der Waals surface area contributed by atoms with E-state index in [-0.39, 0.29) is 11.2 Å². The van der Waals surface area contributed by atoms with Crippen molar-refractivity contribution in [1.82, 2.24) is 24.7 Å². The number of hydrogen-bond acceptors (Lipinski definition) is 6. The van der Waals surface area contributed by atoms with Crippen LogP contribution in [0.4, 0.5) is 0 Å². The van der Waals surface area contributed by atoms with E-state index in [9.17, 15) is 0 Å². The van der Waals surface area contributed by atoms with Crippen molar-refractivity contribution >= 4 is 11.8 Å². The van der Waals surface area contributed by atoms with E-state index in [1.54, 1.807) is 24.2 Å². The van der Waals surface area contributed by atoms with Crippen LogP contribution in [0.3, 0.4) is 0 Å². The Kier molecular flexibility index (Phi) is 4.76. The molecule has 0 saturated carbocycles. The van der Waals surface area contributed by atoms with Crippen LogP contribution in [0.2, 0.25) is 0 Å². The lowest BCUT2D eigenvalue weighted by Gasteiger charge is -2.09. The lowest BCUT2D eigenvalue weighted by Crippen LogP contribution is -2.03. The number of nitrogens with zero attached hydrogens (tertiary/aromatic N) is 5. The molecule has 3 aromatic rings. The van der Waals surface area contributed by atoms with Crippen molar-refractivity contribution in [3.05, 3.63) is 54.2 Å². The highest BCUT2D eigenvalue weighted by Crippen LogP contribution is 2.33. The van der Waals surface area contributed by atoms with Gasteiger partial charge in [-0.05, 0) is 19.1 Å². The quantitative estimate of drug-likeness (QED) is 0.642. The van der Waals surface area contributed by atoms with Crippen LogP contribution in [0.5, 0.6) is 0 Å². The van der Waals surface area contributed by atoms with Gasteiger partial charge in [0.25, 0.3) is 0 Å². The first-order valence-corrected chi connectivity index (χ1v) is 8.42. The van der Waals surface area contributed by atoms with Crippen LogP contribution in [-0.4, -0.2) is 24.7 Å². The van der Waals surface area contributed by atoms with Crippen LogP contribution in [-0.2, 0) is 6.54 Å². The van der Waals surface area contributed by atoms with Crippen molar-refractivity contribution in [2.45, 2.75) is 43.6 Å². The van der Waals surface area contributed by atoms with Gasteiger partial charge >= 0.3 is 0 Å². The summed E-state index contributed by atoms with van der Waals surface area (Å²) in [5, 5.41) is 4.97. The second-order valence-corrected chi connectivity index (χ2v) is 6.87. The standard InChI is InChI=1S/C16H19N5OS/c1-11(2)14-19-15(22-20-14)12(3)23-16-18-8-9-21(16)10-13-6-4-5-7-17-13/h4-9,11-12H,10H2,1-3H3/t12-/m1/s1. The molecule has 3 rings (SSSR count). The molecule has 0 unspecified atom stereocenters. The van der Waals surface area contributed by atoms with Crippen LogP contribution in [0, 0.1) is 0 Å². The minimum absolute atomic E-state index is 0.0416. The molecule has 0 spiro atoms. The number of thioether (sulfide) groups is 1. The number of pyridine rings is 1. The van der Waals surface area contributed by atoms with Gasteiger partial charge in [-0.2, -0.15) is 4.98 Å². The predicted octanol–water partition coefficient (Wildman–Crippen LogP) is 3.69. The highest BCUT2D eigenvalue weighted by molar-refractivity contribution is 7.99. The fraction of sp³-hybridized carbons (Fsp3) is 0.375. The first-order chi connectivity index (χ1) is 11.1. The zero-order valence-corrected chi connectivity index (χ0v) is 14.2. The number of imidazole rings is 1. The van der Waals surface area contributed by atoms with Gasteiger partial charge in [-0.3, -0.25) is 4.98 Å². The molecule has 0 aliphatic carbocycles. The number of aromatic nitrogens is 5. The molecule has 23 heavy (non-hydrogen) atoms. The summed E-state index contributed by atoms with van der Waals surface area (Å²) in [6, 6.07) is 5.91. The summed E-state index contributed by atoms with van der Waals surface area (Å²) in [4.78, 5) is 13.2. The lowest BCUT2D eigenvalue weighted by atomic mass is 10.2. The fourth-order valence-corrected chi connectivity index (χ4v) is 2.95. The van der Waals surface area contributed by atoms with Crippen molar-refractivity contribution in [2.24, 2.45) is 0 Å². The van der Waals surface area contributed by atoms with Gasteiger partial charge < -0.3 is 9.09 Å². The molecular weight excluding hydrogens is 310 g/mol. The lowest BCUT2D eigenvalue weighted by molar-refractivity contribution is 0.373. The van der Waals surface area contributed by atoms with Crippen LogP contribution < -0.4 is 0 Å². The van der Waals surface area contributed by atoms with E-state index >= 15 is 0 Å². The fourth-order valence-electron chi connectivity index (χ4n) is 2.06. The van der Waals surface area contributed by atoms with Crippen molar-refractivity contribution in [3.63, 3.8) is 0 Å². The molecule has 6 nitrogen and oxygen atoms in total. The molecule has 0 bridgehead atoms. The average molecular weight is 329 g/mol. The van der Waals surface area contributed by atoms with Crippen molar-refractivity contribution in [3.8, 4) is 0 Å². The zero-order chi connectivity index (χ0) is 16.2. The maximum Gasteiger partial charge on any atom is 0.239 e. The summed E-state index contributed by atoms with van der Waals surface area (Å²) in [5.41, 5.74) is 1.000. The SMILES string of the molecule is CC(C)c1noc([C@@H](C)Sc2nccn2Cc2ccccn2)n1. The maximum atomic E-state index is 5.36. The van der Waals surface area contributed by atoms with E-state index in [4.69, 9.17) is 4.52 Å². The Morgan fingerprint density at radius 2 is 2.04 bits per heavy atom. The zero-order valence-electron chi connectivity index (χ0n) is 13.4. The van der Waals surface area contributed by atoms with Crippen molar-refractivity contribution in [2.75, 3.05) is 0 Å². The molecule has 0 N–H and O–H groups in total. The smallest absolute Gasteiger partial charge is 0.239 e. The largest absolute Gasteiger partial charge is 0.338 e.